The number of aromatic hydroxyl groups is 2. The minimum Gasteiger partial charge on any atom is -0.504 e. The predicted molar refractivity (Wildman–Crippen MR) is 90.5 cm³/mol. The maximum Gasteiger partial charge on any atom is 0.233 e. The quantitative estimate of drug-likeness (QED) is 0.709. The van der Waals surface area contributed by atoms with Crippen LogP contribution in [0.25, 0.3) is 6.08 Å². The molecule has 1 atom stereocenters. The van der Waals surface area contributed by atoms with Gasteiger partial charge >= 0.3 is 0 Å². The monoisotopic (exact) mass is 333 g/mol. The molecule has 2 aromatic rings. The van der Waals surface area contributed by atoms with Crippen LogP contribution in [0.5, 0.6) is 11.5 Å². The first-order chi connectivity index (χ1) is 10.9. The topological polar surface area (TPSA) is 86.6 Å². The van der Waals surface area contributed by atoms with Crippen LogP contribution in [-0.2, 0) is 16.4 Å². The summed E-state index contributed by atoms with van der Waals surface area (Å²) in [5.41, 5.74) is 1.52. The minimum absolute atomic E-state index is 0.250. The lowest BCUT2D eigenvalue weighted by atomic mass is 10.1. The number of sulfonamides is 1. The van der Waals surface area contributed by atoms with Crippen LogP contribution >= 0.6 is 0 Å². The Balaban J connectivity index is 2.00. The molecule has 0 aliphatic rings. The maximum absolute atomic E-state index is 12.0. The molecule has 3 N–H and O–H groups in total. The number of hydrogen-bond donors (Lipinski definition) is 3. The van der Waals surface area contributed by atoms with Crippen molar-refractivity contribution >= 4 is 16.1 Å². The van der Waals surface area contributed by atoms with E-state index in [0.717, 1.165) is 11.0 Å². The zero-order valence-corrected chi connectivity index (χ0v) is 13.5. The fourth-order valence-corrected chi connectivity index (χ4v) is 3.20. The van der Waals surface area contributed by atoms with E-state index in [1.54, 1.807) is 6.92 Å². The van der Waals surface area contributed by atoms with Crippen molar-refractivity contribution in [1.29, 1.82) is 0 Å². The standard InChI is InChI=1S/C17H19NO4S/c1-13(11-14-5-3-2-4-6-14)18-23(21,22)10-9-15-7-8-16(19)17(20)12-15/h2-10,12-13,18-20H,11H2,1H3/b10-9+. The summed E-state index contributed by atoms with van der Waals surface area (Å²) in [6.45, 7) is 1.80. The normalized spacial score (nSPS) is 13.3. The highest BCUT2D eigenvalue weighted by Crippen LogP contribution is 2.25. The zero-order valence-electron chi connectivity index (χ0n) is 12.7. The third-order valence-electron chi connectivity index (χ3n) is 3.19. The molecule has 1 unspecified atom stereocenters. The van der Waals surface area contributed by atoms with Gasteiger partial charge in [0.05, 0.1) is 0 Å². The van der Waals surface area contributed by atoms with E-state index in [4.69, 9.17) is 0 Å². The molecule has 0 aliphatic carbocycles. The molecule has 0 heterocycles. The van der Waals surface area contributed by atoms with Crippen molar-refractivity contribution in [3.8, 4) is 11.5 Å². The number of nitrogens with one attached hydrogen (secondary N) is 1. The SMILES string of the molecule is CC(Cc1ccccc1)NS(=O)(=O)/C=C/c1ccc(O)c(O)c1. The average Bonchev–Trinajstić information content (AvgIpc) is 2.49. The Morgan fingerprint density at radius 3 is 2.43 bits per heavy atom. The Hall–Kier alpha value is -2.31. The number of benzene rings is 2. The van der Waals surface area contributed by atoms with Gasteiger partial charge in [-0.1, -0.05) is 36.4 Å². The van der Waals surface area contributed by atoms with Crippen LogP contribution in [0.3, 0.4) is 0 Å². The molecule has 0 fully saturated rings. The molecule has 2 rings (SSSR count). The second-order valence-corrected chi connectivity index (χ2v) is 6.90. The lowest BCUT2D eigenvalue weighted by molar-refractivity contribution is 0.403. The van der Waals surface area contributed by atoms with Crippen LogP contribution in [0.2, 0.25) is 0 Å². The molecule has 23 heavy (non-hydrogen) atoms. The summed E-state index contributed by atoms with van der Waals surface area (Å²) < 4.78 is 26.7. The summed E-state index contributed by atoms with van der Waals surface area (Å²) in [6, 6.07) is 13.5. The summed E-state index contributed by atoms with van der Waals surface area (Å²) >= 11 is 0. The Kier molecular flexibility index (Phi) is 5.41. The molecule has 5 nitrogen and oxygen atoms in total. The van der Waals surface area contributed by atoms with E-state index in [-0.39, 0.29) is 17.5 Å². The van der Waals surface area contributed by atoms with Crippen molar-refractivity contribution in [2.75, 3.05) is 0 Å². The van der Waals surface area contributed by atoms with Crippen LogP contribution < -0.4 is 4.72 Å². The smallest absolute Gasteiger partial charge is 0.233 e. The van der Waals surface area contributed by atoms with E-state index < -0.39 is 10.0 Å². The van der Waals surface area contributed by atoms with Gasteiger partial charge in [-0.25, -0.2) is 13.1 Å². The van der Waals surface area contributed by atoms with Crippen molar-refractivity contribution in [3.63, 3.8) is 0 Å². The largest absolute Gasteiger partial charge is 0.504 e. The first-order valence-electron chi connectivity index (χ1n) is 7.12. The van der Waals surface area contributed by atoms with Crippen LogP contribution in [0.4, 0.5) is 0 Å². The summed E-state index contributed by atoms with van der Waals surface area (Å²) in [6.07, 6.45) is 1.95. The van der Waals surface area contributed by atoms with Crippen molar-refractivity contribution in [2.24, 2.45) is 0 Å². The van der Waals surface area contributed by atoms with Crippen LogP contribution in [-0.4, -0.2) is 24.7 Å². The fourth-order valence-electron chi connectivity index (χ4n) is 2.14. The Labute approximate surface area is 136 Å². The number of phenolic OH excluding ortho intramolecular Hbond substituents is 2. The molecular formula is C17H19NO4S. The second kappa shape index (κ2) is 7.30. The van der Waals surface area contributed by atoms with Gasteiger partial charge in [-0.3, -0.25) is 0 Å². The maximum atomic E-state index is 12.0. The van der Waals surface area contributed by atoms with Gasteiger partial charge < -0.3 is 10.2 Å². The van der Waals surface area contributed by atoms with E-state index in [0.29, 0.717) is 12.0 Å². The molecule has 122 valence electrons. The highest BCUT2D eigenvalue weighted by atomic mass is 32.2. The molecule has 6 heteroatoms. The number of rotatable bonds is 6. The molecule has 2 aromatic carbocycles. The molecule has 0 bridgehead atoms. The van der Waals surface area contributed by atoms with Gasteiger partial charge in [-0.15, -0.1) is 0 Å². The number of phenols is 2. The molecular weight excluding hydrogens is 314 g/mol. The van der Waals surface area contributed by atoms with Gasteiger partial charge in [0.15, 0.2) is 11.5 Å². The molecule has 0 spiro atoms. The van der Waals surface area contributed by atoms with Gasteiger partial charge in [0.25, 0.3) is 0 Å². The van der Waals surface area contributed by atoms with E-state index in [9.17, 15) is 18.6 Å². The van der Waals surface area contributed by atoms with Crippen molar-refractivity contribution in [2.45, 2.75) is 19.4 Å². The molecule has 0 aliphatic heterocycles. The molecule has 0 saturated heterocycles. The van der Waals surface area contributed by atoms with Crippen LogP contribution in [0.15, 0.2) is 53.9 Å². The van der Waals surface area contributed by atoms with Gasteiger partial charge in [-0.2, -0.15) is 0 Å². The van der Waals surface area contributed by atoms with Crippen molar-refractivity contribution in [1.82, 2.24) is 4.72 Å². The van der Waals surface area contributed by atoms with E-state index in [1.807, 2.05) is 30.3 Å². The summed E-state index contributed by atoms with van der Waals surface area (Å²) in [5, 5.41) is 19.7. The Morgan fingerprint density at radius 2 is 1.78 bits per heavy atom. The summed E-state index contributed by atoms with van der Waals surface area (Å²) in [4.78, 5) is 0. The number of hydrogen-bond acceptors (Lipinski definition) is 4. The van der Waals surface area contributed by atoms with E-state index in [2.05, 4.69) is 4.72 Å². The molecule has 0 amide bonds. The van der Waals surface area contributed by atoms with Gasteiger partial charge in [0.2, 0.25) is 10.0 Å². The lowest BCUT2D eigenvalue weighted by Gasteiger charge is -2.12. The lowest BCUT2D eigenvalue weighted by Crippen LogP contribution is -2.32. The first-order valence-corrected chi connectivity index (χ1v) is 8.67. The molecule has 0 radical (unpaired) electrons. The van der Waals surface area contributed by atoms with Gasteiger partial charge in [0, 0.05) is 11.4 Å². The Morgan fingerprint density at radius 1 is 1.09 bits per heavy atom. The van der Waals surface area contributed by atoms with Crippen LogP contribution in [0.1, 0.15) is 18.1 Å². The second-order valence-electron chi connectivity index (χ2n) is 5.30. The van der Waals surface area contributed by atoms with Crippen molar-refractivity contribution in [3.05, 3.63) is 65.1 Å². The average molecular weight is 333 g/mol. The van der Waals surface area contributed by atoms with E-state index in [1.165, 1.54) is 24.3 Å². The van der Waals surface area contributed by atoms with Gasteiger partial charge in [0.1, 0.15) is 0 Å². The third-order valence-corrected chi connectivity index (χ3v) is 4.41. The van der Waals surface area contributed by atoms with Gasteiger partial charge in [-0.05, 0) is 42.7 Å². The molecule has 0 saturated carbocycles. The summed E-state index contributed by atoms with van der Waals surface area (Å²) in [5.74, 6) is -0.547. The highest BCUT2D eigenvalue weighted by molar-refractivity contribution is 7.92. The minimum atomic E-state index is -3.60. The van der Waals surface area contributed by atoms with Crippen molar-refractivity contribution < 1.29 is 18.6 Å². The Bertz CT molecular complexity index is 785. The molecule has 0 aromatic heterocycles. The van der Waals surface area contributed by atoms with Crippen LogP contribution in [0, 0.1) is 0 Å². The first kappa shape index (κ1) is 17.1. The third kappa shape index (κ3) is 5.43. The van der Waals surface area contributed by atoms with E-state index >= 15 is 0 Å². The summed E-state index contributed by atoms with van der Waals surface area (Å²) in [7, 11) is -3.60. The zero-order chi connectivity index (χ0) is 16.9. The predicted octanol–water partition coefficient (Wildman–Crippen LogP) is 2.62. The highest BCUT2D eigenvalue weighted by Gasteiger charge is 2.11. The fraction of sp³-hybridized carbons (Fsp3) is 0.176.